The molecule has 0 amide bonds. The van der Waals surface area contributed by atoms with Crippen LogP contribution in [0.4, 0.5) is 0 Å². The second-order valence-electron chi connectivity index (χ2n) is 13.5. The minimum Gasteiger partial charge on any atom is -0.497 e. The van der Waals surface area contributed by atoms with Crippen molar-refractivity contribution in [1.82, 2.24) is 0 Å². The molecular weight excluding hydrogens is 678 g/mol. The Labute approximate surface area is 322 Å². The van der Waals surface area contributed by atoms with Crippen molar-refractivity contribution >= 4 is 51.0 Å². The third-order valence-electron chi connectivity index (χ3n) is 10.6. The molecule has 7 aromatic carbocycles. The molecule has 0 N–H and O–H groups in total. The van der Waals surface area contributed by atoms with Gasteiger partial charge in [-0.05, 0) is 84.9 Å². The molecule has 0 atom stereocenters. The van der Waals surface area contributed by atoms with Gasteiger partial charge >= 0.3 is 0 Å². The van der Waals surface area contributed by atoms with Crippen molar-refractivity contribution in [3.63, 3.8) is 0 Å². The topological polar surface area (TPSA) is 27.7 Å². The van der Waals surface area contributed by atoms with Gasteiger partial charge in [0.2, 0.25) is 0 Å². The molecule has 272 valence electrons. The fourth-order valence-corrected chi connectivity index (χ4v) is 12.2. The Balaban J connectivity index is 0.000000186. The van der Waals surface area contributed by atoms with E-state index in [1.54, 1.807) is 21.3 Å². The molecule has 0 bridgehead atoms. The number of hydrogen-bond acceptors (Lipinski definition) is 3. The molecule has 5 heteroatoms. The molecule has 0 aliphatic rings. The third kappa shape index (κ3) is 8.00. The zero-order valence-corrected chi connectivity index (χ0v) is 32.7. The van der Waals surface area contributed by atoms with Gasteiger partial charge in [0.05, 0.1) is 27.5 Å². The molecule has 54 heavy (non-hydrogen) atoms. The Bertz CT molecular complexity index is 1850. The zero-order valence-electron chi connectivity index (χ0n) is 31.8. The van der Waals surface area contributed by atoms with Crippen LogP contribution < -0.4 is 51.8 Å². The van der Waals surface area contributed by atoms with Gasteiger partial charge in [-0.1, -0.05) is 129 Å². The van der Waals surface area contributed by atoms with Crippen molar-refractivity contribution < 1.29 is 14.2 Å². The minimum atomic E-state index is -1.91. The van der Waals surface area contributed by atoms with Crippen LogP contribution in [0.15, 0.2) is 194 Å². The first-order chi connectivity index (χ1) is 26.6. The number of rotatable bonds is 13. The van der Waals surface area contributed by atoms with Gasteiger partial charge in [-0.2, -0.15) is 22.7 Å². The van der Waals surface area contributed by atoms with E-state index in [1.807, 2.05) is 0 Å². The van der Waals surface area contributed by atoms with Gasteiger partial charge in [-0.3, -0.25) is 0 Å². The molecule has 0 unspecified atom stereocenters. The van der Waals surface area contributed by atoms with E-state index in [4.69, 9.17) is 14.2 Å². The number of ether oxygens (including phenoxy) is 3. The molecular formula is C49H50BO3P. The lowest BCUT2D eigenvalue weighted by Crippen LogP contribution is -2.66. The lowest BCUT2D eigenvalue weighted by molar-refractivity contribution is 0.415. The lowest BCUT2D eigenvalue weighted by atomic mass is 9.14. The summed E-state index contributed by atoms with van der Waals surface area (Å²) < 4.78 is 16.2. The van der Waals surface area contributed by atoms with Crippen LogP contribution in [0, 0.1) is 0 Å². The van der Waals surface area contributed by atoms with E-state index < -0.39 is 13.4 Å². The smallest absolute Gasteiger partial charge is 0.144 e. The molecule has 0 saturated carbocycles. The fourth-order valence-electron chi connectivity index (χ4n) is 7.89. The quantitative estimate of drug-likeness (QED) is 0.0884. The monoisotopic (exact) mass is 728 g/mol. The van der Waals surface area contributed by atoms with E-state index in [2.05, 4.69) is 201 Å². The van der Waals surface area contributed by atoms with E-state index in [0.717, 1.165) is 36.4 Å². The van der Waals surface area contributed by atoms with Crippen LogP contribution in [0.2, 0.25) is 6.32 Å². The summed E-state index contributed by atoms with van der Waals surface area (Å²) >= 11 is 0. The number of methoxy groups -OCH3 is 3. The van der Waals surface area contributed by atoms with E-state index in [1.165, 1.54) is 37.6 Å². The Hall–Kier alpha value is -5.57. The number of hydrogen-bond donors (Lipinski definition) is 0. The van der Waals surface area contributed by atoms with Crippen LogP contribution in [0.25, 0.3) is 0 Å². The van der Waals surface area contributed by atoms with Crippen LogP contribution in [0.1, 0.15) is 19.8 Å². The first kappa shape index (κ1) is 38.2. The third-order valence-corrected chi connectivity index (χ3v) is 14.9. The Morgan fingerprint density at radius 3 is 0.852 bits per heavy atom. The summed E-state index contributed by atoms with van der Waals surface area (Å²) in [5.41, 5.74) is 3.94. The van der Waals surface area contributed by atoms with Gasteiger partial charge < -0.3 is 14.2 Å². The molecule has 0 fully saturated rings. The normalized spacial score (nSPS) is 11.2. The Morgan fingerprint density at radius 1 is 0.370 bits per heavy atom. The van der Waals surface area contributed by atoms with Crippen LogP contribution in [0.5, 0.6) is 17.2 Å². The largest absolute Gasteiger partial charge is 0.497 e. The molecule has 0 aliphatic heterocycles. The summed E-state index contributed by atoms with van der Waals surface area (Å²) in [4.78, 5) is 0. The average Bonchev–Trinajstić information content (AvgIpc) is 3.26. The highest BCUT2D eigenvalue weighted by atomic mass is 31.2. The highest BCUT2D eigenvalue weighted by molar-refractivity contribution is 8.01. The van der Waals surface area contributed by atoms with Gasteiger partial charge in [-0.25, -0.2) is 0 Å². The average molecular weight is 729 g/mol. The summed E-state index contributed by atoms with van der Waals surface area (Å²) in [6.07, 6.45) is 2.22. The van der Waals surface area contributed by atoms with Crippen molar-refractivity contribution in [3.05, 3.63) is 194 Å². The molecule has 0 radical (unpaired) electrons. The summed E-state index contributed by atoms with van der Waals surface area (Å²) in [6.45, 7) is 2.25. The van der Waals surface area contributed by atoms with Gasteiger partial charge in [0.25, 0.3) is 0 Å². The summed E-state index contributed by atoms with van der Waals surface area (Å²) in [6, 6.07) is 69.5. The van der Waals surface area contributed by atoms with E-state index in [0.29, 0.717) is 0 Å². The van der Waals surface area contributed by atoms with E-state index in [-0.39, 0.29) is 0 Å². The van der Waals surface area contributed by atoms with Crippen LogP contribution in [-0.2, 0) is 0 Å². The highest BCUT2D eigenvalue weighted by Crippen LogP contribution is 2.54. The molecule has 0 saturated heterocycles. The molecule has 7 aromatic rings. The van der Waals surface area contributed by atoms with E-state index >= 15 is 0 Å². The van der Waals surface area contributed by atoms with E-state index in [9.17, 15) is 0 Å². The number of benzene rings is 7. The molecule has 0 aromatic heterocycles. The summed E-state index contributed by atoms with van der Waals surface area (Å²) in [5.74, 6) is 2.62. The SMILES string of the molecule is CCCC[B-](c1ccc(OC)cc1)(c1ccc(OC)cc1)c1ccc(OC)cc1.c1ccc([P+](c2ccccc2)(c2ccccc2)c2ccccc2)cc1. The van der Waals surface area contributed by atoms with Crippen molar-refractivity contribution in [3.8, 4) is 17.2 Å². The maximum Gasteiger partial charge on any atom is 0.144 e. The molecule has 7 rings (SSSR count). The predicted octanol–water partition coefficient (Wildman–Crippen LogP) is 8.29. The maximum atomic E-state index is 5.41. The Kier molecular flexibility index (Phi) is 13.0. The molecule has 3 nitrogen and oxygen atoms in total. The Morgan fingerprint density at radius 2 is 0.630 bits per heavy atom. The molecule has 0 aliphatic carbocycles. The van der Waals surface area contributed by atoms with Crippen molar-refractivity contribution in [2.45, 2.75) is 26.1 Å². The minimum absolute atomic E-state index is 0.874. The van der Waals surface area contributed by atoms with Crippen LogP contribution in [-0.4, -0.2) is 27.5 Å². The van der Waals surface area contributed by atoms with Crippen molar-refractivity contribution in [2.24, 2.45) is 0 Å². The second-order valence-corrected chi connectivity index (χ2v) is 16.9. The predicted molar refractivity (Wildman–Crippen MR) is 235 cm³/mol. The van der Waals surface area contributed by atoms with Gasteiger partial charge in [-0.15, -0.1) is 0 Å². The van der Waals surface area contributed by atoms with Gasteiger partial charge in [0.15, 0.2) is 0 Å². The van der Waals surface area contributed by atoms with Crippen molar-refractivity contribution in [1.29, 1.82) is 0 Å². The van der Waals surface area contributed by atoms with Gasteiger partial charge in [0, 0.05) is 0 Å². The first-order valence-corrected chi connectivity index (χ1v) is 20.6. The molecule has 0 spiro atoms. The maximum absolute atomic E-state index is 5.41. The standard InChI is InChI=1S/C25H30BO3.C24H20P/c1-5-6-19-26(20-7-13-23(27-2)14-8-20,21-9-15-24(28-3)16-10-21)22-11-17-25(29-4)18-12-22;1-5-13-21(14-6-1)25(22-15-7-2-8-16-22,23-17-9-3-10-18-23)24-19-11-4-12-20-24/h7-18H,5-6,19H2,1-4H3;1-20H/q-1;+1. The zero-order chi connectivity index (χ0) is 37.6. The van der Waals surface area contributed by atoms with Crippen LogP contribution in [0.3, 0.4) is 0 Å². The van der Waals surface area contributed by atoms with Crippen LogP contribution >= 0.6 is 7.26 Å². The van der Waals surface area contributed by atoms with Gasteiger partial charge in [0.1, 0.15) is 45.7 Å². The first-order valence-electron chi connectivity index (χ1n) is 18.8. The second kappa shape index (κ2) is 18.5. The number of unbranched alkanes of at least 4 members (excludes halogenated alkanes) is 1. The fraction of sp³-hybridized carbons (Fsp3) is 0.143. The van der Waals surface area contributed by atoms with Crippen molar-refractivity contribution in [2.75, 3.05) is 21.3 Å². The molecule has 0 heterocycles. The highest BCUT2D eigenvalue weighted by Gasteiger charge is 2.47. The lowest BCUT2D eigenvalue weighted by Gasteiger charge is -2.43. The summed E-state index contributed by atoms with van der Waals surface area (Å²) in [7, 11) is 3.21. The summed E-state index contributed by atoms with van der Waals surface area (Å²) in [5, 5.41) is 5.55.